The van der Waals surface area contributed by atoms with E-state index in [0.29, 0.717) is 40.5 Å². The highest BCUT2D eigenvalue weighted by Gasteiger charge is 2.24. The number of amides is 1. The Balaban J connectivity index is 1.55. The van der Waals surface area contributed by atoms with Gasteiger partial charge in [0.2, 0.25) is 0 Å². The molecule has 1 heterocycles. The molecule has 1 saturated heterocycles. The topological polar surface area (TPSA) is 59.9 Å². The smallest absolute Gasteiger partial charge is 0.264 e. The highest BCUT2D eigenvalue weighted by molar-refractivity contribution is 9.10. The van der Waals surface area contributed by atoms with Crippen LogP contribution in [0.25, 0.3) is 6.08 Å². The maximum Gasteiger partial charge on any atom is 0.264 e. The van der Waals surface area contributed by atoms with Crippen molar-refractivity contribution in [2.75, 3.05) is 6.61 Å². The van der Waals surface area contributed by atoms with E-state index < -0.39 is 0 Å². The van der Waals surface area contributed by atoms with Crippen molar-refractivity contribution in [2.24, 2.45) is 4.99 Å². The Labute approximate surface area is 203 Å². The maximum absolute atomic E-state index is 13.1. The first kappa shape index (κ1) is 23.1. The van der Waals surface area contributed by atoms with E-state index in [1.807, 2.05) is 49.4 Å². The molecule has 0 spiro atoms. The molecule has 1 fully saturated rings. The third-order valence-electron chi connectivity index (χ3n) is 4.59. The van der Waals surface area contributed by atoms with Gasteiger partial charge in [0.15, 0.2) is 16.7 Å². The zero-order valence-corrected chi connectivity index (χ0v) is 20.1. The normalized spacial score (nSPS) is 15.7. The molecule has 1 N–H and O–H groups in total. The quantitative estimate of drug-likeness (QED) is 0.359. The van der Waals surface area contributed by atoms with Gasteiger partial charge in [0.25, 0.3) is 5.91 Å². The number of carbonyl (C=O) groups is 1. The van der Waals surface area contributed by atoms with Gasteiger partial charge in [-0.05, 0) is 72.3 Å². The number of benzene rings is 3. The van der Waals surface area contributed by atoms with Crippen molar-refractivity contribution >= 4 is 50.5 Å². The van der Waals surface area contributed by atoms with Gasteiger partial charge in [-0.2, -0.15) is 0 Å². The van der Waals surface area contributed by atoms with Crippen LogP contribution in [0, 0.1) is 5.82 Å². The van der Waals surface area contributed by atoms with Crippen LogP contribution in [-0.2, 0) is 11.4 Å². The minimum atomic E-state index is -0.339. The number of amidine groups is 1. The lowest BCUT2D eigenvalue weighted by atomic mass is 10.1. The second-order valence-corrected chi connectivity index (χ2v) is 8.87. The van der Waals surface area contributed by atoms with Gasteiger partial charge in [0.05, 0.1) is 17.2 Å². The molecule has 3 aromatic rings. The summed E-state index contributed by atoms with van der Waals surface area (Å²) in [6.07, 6.45) is 1.76. The molecule has 0 radical (unpaired) electrons. The zero-order chi connectivity index (χ0) is 23.2. The lowest BCUT2D eigenvalue weighted by molar-refractivity contribution is -0.115. The number of carbonyl (C=O) groups excluding carboxylic acids is 1. The summed E-state index contributed by atoms with van der Waals surface area (Å²) < 4.78 is 25.6. The third kappa shape index (κ3) is 6.03. The Kier molecular flexibility index (Phi) is 7.47. The minimum Gasteiger partial charge on any atom is -0.490 e. The molecule has 4 rings (SSSR count). The summed E-state index contributed by atoms with van der Waals surface area (Å²) in [5.41, 5.74) is 2.38. The first-order valence-corrected chi connectivity index (χ1v) is 11.8. The molecule has 0 aliphatic carbocycles. The Morgan fingerprint density at radius 3 is 2.52 bits per heavy atom. The molecule has 0 bridgehead atoms. The lowest BCUT2D eigenvalue weighted by Crippen LogP contribution is -2.19. The highest BCUT2D eigenvalue weighted by atomic mass is 79.9. The molecular formula is C25H20BrFN2O3S. The molecule has 8 heteroatoms. The number of thioether (sulfide) groups is 1. The SMILES string of the molecule is CCOc1cc(/C=C2/SC(=Nc3ccc(F)cc3)NC2=O)c(Br)cc1OCc1ccccc1. The standard InChI is InChI=1S/C25H20BrFN2O3S/c1-2-31-21-12-17(20(26)14-22(21)32-15-16-6-4-3-5-7-16)13-23-24(30)29-25(33-23)28-19-10-8-18(27)9-11-19/h3-14H,2,15H2,1H3,(H,28,29,30)/b23-13+. The number of hydrogen-bond donors (Lipinski definition) is 1. The van der Waals surface area contributed by atoms with Crippen LogP contribution in [0.3, 0.4) is 0 Å². The monoisotopic (exact) mass is 526 g/mol. The van der Waals surface area contributed by atoms with E-state index in [-0.39, 0.29) is 11.7 Å². The Morgan fingerprint density at radius 2 is 1.79 bits per heavy atom. The van der Waals surface area contributed by atoms with Crippen molar-refractivity contribution in [2.45, 2.75) is 13.5 Å². The number of ether oxygens (including phenoxy) is 2. The molecule has 168 valence electrons. The molecule has 5 nitrogen and oxygen atoms in total. The van der Waals surface area contributed by atoms with Crippen LogP contribution < -0.4 is 14.8 Å². The van der Waals surface area contributed by atoms with Crippen molar-refractivity contribution in [1.82, 2.24) is 5.32 Å². The largest absolute Gasteiger partial charge is 0.490 e. The van der Waals surface area contributed by atoms with Crippen molar-refractivity contribution in [3.63, 3.8) is 0 Å². The van der Waals surface area contributed by atoms with E-state index >= 15 is 0 Å². The van der Waals surface area contributed by atoms with E-state index in [9.17, 15) is 9.18 Å². The summed E-state index contributed by atoms with van der Waals surface area (Å²) in [5, 5.41) is 3.17. The average molecular weight is 527 g/mol. The second-order valence-electron chi connectivity index (χ2n) is 6.99. The van der Waals surface area contributed by atoms with Gasteiger partial charge in [-0.25, -0.2) is 9.38 Å². The number of nitrogens with zero attached hydrogens (tertiary/aromatic N) is 1. The number of aliphatic imine (C=N–C) groups is 1. The van der Waals surface area contributed by atoms with Gasteiger partial charge in [0.1, 0.15) is 12.4 Å². The van der Waals surface area contributed by atoms with Crippen LogP contribution in [0.5, 0.6) is 11.5 Å². The molecule has 1 aliphatic rings. The lowest BCUT2D eigenvalue weighted by Gasteiger charge is -2.14. The highest BCUT2D eigenvalue weighted by Crippen LogP contribution is 2.37. The van der Waals surface area contributed by atoms with Gasteiger partial charge < -0.3 is 14.8 Å². The zero-order valence-electron chi connectivity index (χ0n) is 17.7. The van der Waals surface area contributed by atoms with Gasteiger partial charge in [-0.1, -0.05) is 46.3 Å². The van der Waals surface area contributed by atoms with Crippen molar-refractivity contribution in [1.29, 1.82) is 0 Å². The fourth-order valence-electron chi connectivity index (χ4n) is 3.03. The average Bonchev–Trinajstić information content (AvgIpc) is 3.15. The summed E-state index contributed by atoms with van der Waals surface area (Å²) in [6.45, 7) is 2.79. The molecule has 1 amide bonds. The van der Waals surface area contributed by atoms with Crippen molar-refractivity contribution in [3.8, 4) is 11.5 Å². The van der Waals surface area contributed by atoms with Crippen molar-refractivity contribution in [3.05, 3.63) is 93.1 Å². The fraction of sp³-hybridized carbons (Fsp3) is 0.120. The van der Waals surface area contributed by atoms with E-state index in [2.05, 4.69) is 26.2 Å². The van der Waals surface area contributed by atoms with Gasteiger partial charge >= 0.3 is 0 Å². The van der Waals surface area contributed by atoms with E-state index in [1.165, 1.54) is 23.9 Å². The van der Waals surface area contributed by atoms with Crippen LogP contribution in [0.4, 0.5) is 10.1 Å². The molecule has 1 aliphatic heterocycles. The van der Waals surface area contributed by atoms with E-state index in [0.717, 1.165) is 15.6 Å². The molecule has 0 aromatic heterocycles. The first-order valence-electron chi connectivity index (χ1n) is 10.2. The van der Waals surface area contributed by atoms with Crippen LogP contribution >= 0.6 is 27.7 Å². The Morgan fingerprint density at radius 1 is 1.06 bits per heavy atom. The third-order valence-corrected chi connectivity index (χ3v) is 6.19. The minimum absolute atomic E-state index is 0.255. The fourth-order valence-corrected chi connectivity index (χ4v) is 4.30. The number of halogens is 2. The summed E-state index contributed by atoms with van der Waals surface area (Å²) in [5.74, 6) is 0.604. The Bertz CT molecular complexity index is 1210. The predicted molar refractivity (Wildman–Crippen MR) is 133 cm³/mol. The number of nitrogens with one attached hydrogen (secondary N) is 1. The molecule has 3 aromatic carbocycles. The maximum atomic E-state index is 13.1. The molecule has 0 unspecified atom stereocenters. The molecule has 33 heavy (non-hydrogen) atoms. The number of hydrogen-bond acceptors (Lipinski definition) is 5. The van der Waals surface area contributed by atoms with E-state index in [1.54, 1.807) is 18.2 Å². The predicted octanol–water partition coefficient (Wildman–Crippen LogP) is 6.46. The Hall–Kier alpha value is -3.10. The molecular weight excluding hydrogens is 507 g/mol. The first-order chi connectivity index (χ1) is 16.0. The van der Waals surface area contributed by atoms with Crippen LogP contribution in [-0.4, -0.2) is 17.7 Å². The number of rotatable bonds is 7. The van der Waals surface area contributed by atoms with Gasteiger partial charge in [-0.15, -0.1) is 0 Å². The van der Waals surface area contributed by atoms with Gasteiger partial charge in [0, 0.05) is 4.47 Å². The van der Waals surface area contributed by atoms with Gasteiger partial charge in [-0.3, -0.25) is 4.79 Å². The second kappa shape index (κ2) is 10.7. The molecule has 0 atom stereocenters. The summed E-state index contributed by atoms with van der Waals surface area (Å²) in [4.78, 5) is 17.3. The summed E-state index contributed by atoms with van der Waals surface area (Å²) in [6, 6.07) is 19.3. The van der Waals surface area contributed by atoms with E-state index in [4.69, 9.17) is 9.47 Å². The van der Waals surface area contributed by atoms with Crippen molar-refractivity contribution < 1.29 is 18.7 Å². The van der Waals surface area contributed by atoms with Crippen LogP contribution in [0.1, 0.15) is 18.1 Å². The van der Waals surface area contributed by atoms with Crippen LogP contribution in [0.15, 0.2) is 81.1 Å². The summed E-state index contributed by atoms with van der Waals surface area (Å²) >= 11 is 4.79. The van der Waals surface area contributed by atoms with Crippen LogP contribution in [0.2, 0.25) is 0 Å². The summed E-state index contributed by atoms with van der Waals surface area (Å²) in [7, 11) is 0. The molecule has 0 saturated carbocycles.